The van der Waals surface area contributed by atoms with Gasteiger partial charge in [0.05, 0.1) is 20.3 Å². The average Bonchev–Trinajstić information content (AvgIpc) is 2.59. The zero-order valence-electron chi connectivity index (χ0n) is 13.2. The van der Waals surface area contributed by atoms with Crippen LogP contribution in [0.2, 0.25) is 0 Å². The molecule has 4 nitrogen and oxygen atoms in total. The molecule has 0 saturated carbocycles. The average molecular weight is 301 g/mol. The fraction of sp³-hybridized carbons (Fsp3) is 0.333. The topological polar surface area (TPSA) is 50.7 Å². The molecule has 2 rings (SSSR count). The number of aliphatic hydroxyl groups is 1. The van der Waals surface area contributed by atoms with E-state index in [0.29, 0.717) is 6.54 Å². The lowest BCUT2D eigenvalue weighted by atomic mass is 10.0. The largest absolute Gasteiger partial charge is 0.497 e. The van der Waals surface area contributed by atoms with Crippen LogP contribution >= 0.6 is 0 Å². The summed E-state index contributed by atoms with van der Waals surface area (Å²) in [6.45, 7) is 2.59. The highest BCUT2D eigenvalue weighted by atomic mass is 16.5. The highest BCUT2D eigenvalue weighted by Gasteiger charge is 2.15. The molecule has 0 aliphatic rings. The summed E-state index contributed by atoms with van der Waals surface area (Å²) in [5.74, 6) is 1.51. The second kappa shape index (κ2) is 7.82. The maximum atomic E-state index is 10.4. The van der Waals surface area contributed by atoms with E-state index in [-0.39, 0.29) is 6.04 Å². The van der Waals surface area contributed by atoms with Crippen LogP contribution in [0.5, 0.6) is 11.5 Å². The van der Waals surface area contributed by atoms with Gasteiger partial charge in [0.25, 0.3) is 0 Å². The summed E-state index contributed by atoms with van der Waals surface area (Å²) in [5, 5.41) is 13.7. The summed E-state index contributed by atoms with van der Waals surface area (Å²) < 4.78 is 10.5. The molecule has 2 atom stereocenters. The molecular weight excluding hydrogens is 278 g/mol. The van der Waals surface area contributed by atoms with Crippen molar-refractivity contribution in [3.63, 3.8) is 0 Å². The number of hydrogen-bond acceptors (Lipinski definition) is 4. The molecule has 2 aromatic carbocycles. The van der Waals surface area contributed by atoms with Crippen LogP contribution in [0.15, 0.2) is 48.5 Å². The van der Waals surface area contributed by atoms with Crippen LogP contribution in [0.4, 0.5) is 0 Å². The van der Waals surface area contributed by atoms with Gasteiger partial charge in [-0.2, -0.15) is 0 Å². The number of nitrogens with one attached hydrogen (secondary N) is 1. The molecule has 0 bridgehead atoms. The van der Waals surface area contributed by atoms with E-state index in [1.54, 1.807) is 14.2 Å². The van der Waals surface area contributed by atoms with Crippen LogP contribution in [-0.4, -0.2) is 25.4 Å². The minimum Gasteiger partial charge on any atom is -0.497 e. The van der Waals surface area contributed by atoms with Gasteiger partial charge < -0.3 is 19.9 Å². The predicted octanol–water partition coefficient (Wildman–Crippen LogP) is 2.92. The lowest BCUT2D eigenvalue weighted by molar-refractivity contribution is 0.135. The Hall–Kier alpha value is -2.04. The second-order valence-corrected chi connectivity index (χ2v) is 5.25. The van der Waals surface area contributed by atoms with Crippen LogP contribution in [0.3, 0.4) is 0 Å². The van der Waals surface area contributed by atoms with Gasteiger partial charge in [0.1, 0.15) is 11.5 Å². The van der Waals surface area contributed by atoms with Crippen molar-refractivity contribution in [3.05, 3.63) is 59.7 Å². The van der Waals surface area contributed by atoms with E-state index in [4.69, 9.17) is 9.47 Å². The number of benzene rings is 2. The fourth-order valence-corrected chi connectivity index (χ4v) is 2.30. The minimum atomic E-state index is -0.547. The number of hydrogen-bond donors (Lipinski definition) is 2. The first-order valence-corrected chi connectivity index (χ1v) is 7.32. The van der Waals surface area contributed by atoms with Gasteiger partial charge >= 0.3 is 0 Å². The lowest BCUT2D eigenvalue weighted by Crippen LogP contribution is -2.31. The van der Waals surface area contributed by atoms with Gasteiger partial charge in [0.15, 0.2) is 0 Å². The quantitative estimate of drug-likeness (QED) is 0.825. The molecule has 2 N–H and O–H groups in total. The number of ether oxygens (including phenoxy) is 2. The van der Waals surface area contributed by atoms with Gasteiger partial charge in [0.2, 0.25) is 0 Å². The van der Waals surface area contributed by atoms with Crippen molar-refractivity contribution in [2.45, 2.75) is 25.6 Å². The van der Waals surface area contributed by atoms with Crippen molar-refractivity contribution in [1.29, 1.82) is 0 Å². The van der Waals surface area contributed by atoms with Crippen molar-refractivity contribution in [1.82, 2.24) is 5.32 Å². The highest BCUT2D eigenvalue weighted by Crippen LogP contribution is 2.23. The molecule has 22 heavy (non-hydrogen) atoms. The summed E-state index contributed by atoms with van der Waals surface area (Å²) in [7, 11) is 3.27. The second-order valence-electron chi connectivity index (χ2n) is 5.25. The Morgan fingerprint density at radius 3 is 2.14 bits per heavy atom. The zero-order chi connectivity index (χ0) is 15.9. The van der Waals surface area contributed by atoms with E-state index in [1.165, 1.54) is 0 Å². The Morgan fingerprint density at radius 2 is 1.59 bits per heavy atom. The predicted molar refractivity (Wildman–Crippen MR) is 87.2 cm³/mol. The number of methoxy groups -OCH3 is 2. The first-order valence-electron chi connectivity index (χ1n) is 7.32. The minimum absolute atomic E-state index is 0.0698. The van der Waals surface area contributed by atoms with Gasteiger partial charge in [-0.05, 0) is 30.2 Å². The molecule has 0 spiro atoms. The lowest BCUT2D eigenvalue weighted by Gasteiger charge is -2.21. The molecule has 0 heterocycles. The third-order valence-corrected chi connectivity index (χ3v) is 3.65. The molecule has 118 valence electrons. The van der Waals surface area contributed by atoms with E-state index in [1.807, 2.05) is 55.5 Å². The Morgan fingerprint density at radius 1 is 1.00 bits per heavy atom. The summed E-state index contributed by atoms with van der Waals surface area (Å²) in [5.41, 5.74) is 1.95. The van der Waals surface area contributed by atoms with Crippen molar-refractivity contribution in [2.75, 3.05) is 14.2 Å². The van der Waals surface area contributed by atoms with E-state index in [9.17, 15) is 5.11 Å². The monoisotopic (exact) mass is 301 g/mol. The molecule has 0 aliphatic heterocycles. The van der Waals surface area contributed by atoms with Crippen molar-refractivity contribution >= 4 is 0 Å². The SMILES string of the molecule is COc1cc(CNC(C)C(O)c2ccccc2)cc(OC)c1. The van der Waals surface area contributed by atoms with E-state index < -0.39 is 6.10 Å². The smallest absolute Gasteiger partial charge is 0.122 e. The molecule has 2 unspecified atom stereocenters. The van der Waals surface area contributed by atoms with Crippen LogP contribution in [0.25, 0.3) is 0 Å². The van der Waals surface area contributed by atoms with Crippen LogP contribution < -0.4 is 14.8 Å². The summed E-state index contributed by atoms with van der Waals surface area (Å²) in [6.07, 6.45) is -0.547. The third kappa shape index (κ3) is 4.23. The number of rotatable bonds is 7. The van der Waals surface area contributed by atoms with Gasteiger partial charge in [-0.3, -0.25) is 0 Å². The first-order chi connectivity index (χ1) is 10.6. The molecule has 4 heteroatoms. The van der Waals surface area contributed by atoms with Crippen LogP contribution in [0, 0.1) is 0 Å². The normalized spacial score (nSPS) is 13.5. The molecule has 0 aliphatic carbocycles. The molecule has 0 radical (unpaired) electrons. The van der Waals surface area contributed by atoms with Gasteiger partial charge in [-0.25, -0.2) is 0 Å². The number of aliphatic hydroxyl groups excluding tert-OH is 1. The summed E-state index contributed by atoms with van der Waals surface area (Å²) in [6, 6.07) is 15.3. The highest BCUT2D eigenvalue weighted by molar-refractivity contribution is 5.38. The Balaban J connectivity index is 2.00. The molecule has 0 aromatic heterocycles. The fourth-order valence-electron chi connectivity index (χ4n) is 2.30. The summed E-state index contributed by atoms with van der Waals surface area (Å²) >= 11 is 0. The maximum Gasteiger partial charge on any atom is 0.122 e. The third-order valence-electron chi connectivity index (χ3n) is 3.65. The van der Waals surface area contributed by atoms with Crippen LogP contribution in [0.1, 0.15) is 24.2 Å². The maximum absolute atomic E-state index is 10.4. The van der Waals surface area contributed by atoms with Crippen molar-refractivity contribution in [3.8, 4) is 11.5 Å². The Bertz CT molecular complexity index is 564. The molecule has 0 amide bonds. The van der Waals surface area contributed by atoms with E-state index in [0.717, 1.165) is 22.6 Å². The molecular formula is C18H23NO3. The molecule has 2 aromatic rings. The van der Waals surface area contributed by atoms with Crippen molar-refractivity contribution in [2.24, 2.45) is 0 Å². The standard InChI is InChI=1S/C18H23NO3/c1-13(18(20)15-7-5-4-6-8-15)19-12-14-9-16(21-2)11-17(10-14)22-3/h4-11,13,18-20H,12H2,1-3H3. The van der Waals surface area contributed by atoms with Crippen molar-refractivity contribution < 1.29 is 14.6 Å². The van der Waals surface area contributed by atoms with E-state index >= 15 is 0 Å². The summed E-state index contributed by atoms with van der Waals surface area (Å²) in [4.78, 5) is 0. The molecule has 0 fully saturated rings. The van der Waals surface area contributed by atoms with Crippen LogP contribution in [-0.2, 0) is 6.54 Å². The Labute approximate surface area is 131 Å². The Kier molecular flexibility index (Phi) is 5.81. The molecule has 0 saturated heterocycles. The van der Waals surface area contributed by atoms with Gasteiger partial charge in [-0.1, -0.05) is 30.3 Å². The van der Waals surface area contributed by atoms with Gasteiger partial charge in [0, 0.05) is 18.7 Å². The zero-order valence-corrected chi connectivity index (χ0v) is 13.2. The first kappa shape index (κ1) is 16.3. The van der Waals surface area contributed by atoms with Gasteiger partial charge in [-0.15, -0.1) is 0 Å². The van der Waals surface area contributed by atoms with E-state index in [2.05, 4.69) is 5.32 Å².